The summed E-state index contributed by atoms with van der Waals surface area (Å²) < 4.78 is 5.31. The number of aliphatic hydroxyl groups excluding tert-OH is 1. The molecule has 2 heteroatoms. The van der Waals surface area contributed by atoms with Crippen LogP contribution in [0.3, 0.4) is 0 Å². The number of aliphatic hydroxyl groups is 1. The van der Waals surface area contributed by atoms with Gasteiger partial charge in [0.15, 0.2) is 0 Å². The molecule has 90 valence electrons. The normalized spacial score (nSPS) is 12.6. The van der Waals surface area contributed by atoms with Crippen molar-refractivity contribution in [1.82, 2.24) is 0 Å². The Kier molecular flexibility index (Phi) is 5.94. The molecule has 2 nitrogen and oxygen atoms in total. The second-order valence-corrected chi connectivity index (χ2v) is 4.10. The van der Waals surface area contributed by atoms with Gasteiger partial charge >= 0.3 is 0 Å². The Morgan fingerprint density at radius 3 is 2.94 bits per heavy atom. The summed E-state index contributed by atoms with van der Waals surface area (Å²) in [6.07, 6.45) is 9.36. The first-order chi connectivity index (χ1) is 7.79. The molecule has 0 aliphatic carbocycles. The lowest BCUT2D eigenvalue weighted by Gasteiger charge is -2.09. The molecule has 1 atom stereocenters. The second-order valence-electron chi connectivity index (χ2n) is 4.10. The van der Waals surface area contributed by atoms with Crippen LogP contribution in [-0.2, 0) is 6.42 Å². The largest absolute Gasteiger partial charge is 0.469 e. The van der Waals surface area contributed by atoms with Gasteiger partial charge in [0.05, 0.1) is 12.4 Å². The molecule has 0 spiro atoms. The van der Waals surface area contributed by atoms with Gasteiger partial charge in [-0.2, -0.15) is 0 Å². The Morgan fingerprint density at radius 1 is 1.44 bits per heavy atom. The number of aryl methyl sites for hydroxylation is 1. The van der Waals surface area contributed by atoms with E-state index in [0.717, 1.165) is 43.4 Å². The number of allylic oxidation sites excluding steroid dienone is 1. The van der Waals surface area contributed by atoms with Gasteiger partial charge in [-0.1, -0.05) is 25.8 Å². The van der Waals surface area contributed by atoms with Crippen LogP contribution in [0.4, 0.5) is 0 Å². The summed E-state index contributed by atoms with van der Waals surface area (Å²) >= 11 is 0. The summed E-state index contributed by atoms with van der Waals surface area (Å²) in [6, 6.07) is 1.88. The molecule has 0 aliphatic rings. The Bertz CT molecular complexity index is 301. The molecule has 1 heterocycles. The molecule has 0 radical (unpaired) electrons. The molecule has 0 aliphatic heterocycles. The van der Waals surface area contributed by atoms with Crippen LogP contribution in [0.1, 0.15) is 56.5 Å². The van der Waals surface area contributed by atoms with Crippen molar-refractivity contribution in [3.8, 4) is 0 Å². The van der Waals surface area contributed by atoms with E-state index in [1.807, 2.05) is 19.1 Å². The van der Waals surface area contributed by atoms with Crippen molar-refractivity contribution in [3.05, 3.63) is 36.3 Å². The van der Waals surface area contributed by atoms with Crippen molar-refractivity contribution in [3.63, 3.8) is 0 Å². The molecule has 1 aromatic heterocycles. The average Bonchev–Trinajstić information content (AvgIpc) is 2.76. The molecule has 1 N–H and O–H groups in total. The third-order valence-electron chi connectivity index (χ3n) is 2.85. The molecule has 1 aromatic rings. The van der Waals surface area contributed by atoms with E-state index in [1.165, 1.54) is 6.42 Å². The van der Waals surface area contributed by atoms with E-state index in [9.17, 15) is 5.11 Å². The molecule has 1 unspecified atom stereocenters. The van der Waals surface area contributed by atoms with Crippen LogP contribution in [0, 0.1) is 0 Å². The number of hydrogen-bond acceptors (Lipinski definition) is 2. The topological polar surface area (TPSA) is 33.4 Å². The van der Waals surface area contributed by atoms with E-state index in [-0.39, 0.29) is 6.10 Å². The summed E-state index contributed by atoms with van der Waals surface area (Å²) in [5.41, 5.74) is 0.964. The number of furan rings is 1. The smallest absolute Gasteiger partial charge is 0.109 e. The standard InChI is InChI=1S/C14H22O2/c1-3-5-6-7-8-9-13(15)12-10-11-16-14(12)4-2/h3,10-11,13,15H,1,4-9H2,2H3. The van der Waals surface area contributed by atoms with E-state index in [1.54, 1.807) is 6.26 Å². The van der Waals surface area contributed by atoms with Gasteiger partial charge in [0.1, 0.15) is 5.76 Å². The Morgan fingerprint density at radius 2 is 2.25 bits per heavy atom. The van der Waals surface area contributed by atoms with Crippen LogP contribution in [0.2, 0.25) is 0 Å². The van der Waals surface area contributed by atoms with E-state index >= 15 is 0 Å². The van der Waals surface area contributed by atoms with Crippen molar-refractivity contribution in [2.75, 3.05) is 0 Å². The molecule has 1 rings (SSSR count). The minimum atomic E-state index is -0.363. The highest BCUT2D eigenvalue weighted by Gasteiger charge is 2.13. The zero-order valence-electron chi connectivity index (χ0n) is 10.1. The first kappa shape index (κ1) is 13.0. The maximum Gasteiger partial charge on any atom is 0.109 e. The Balaban J connectivity index is 2.29. The summed E-state index contributed by atoms with van der Waals surface area (Å²) in [4.78, 5) is 0. The van der Waals surface area contributed by atoms with E-state index in [0.29, 0.717) is 0 Å². The summed E-state index contributed by atoms with van der Waals surface area (Å²) in [6.45, 7) is 5.74. The van der Waals surface area contributed by atoms with Crippen molar-refractivity contribution >= 4 is 0 Å². The number of rotatable bonds is 8. The molecular formula is C14H22O2. The SMILES string of the molecule is C=CCCCCCC(O)c1ccoc1CC. The minimum Gasteiger partial charge on any atom is -0.469 e. The summed E-state index contributed by atoms with van der Waals surface area (Å²) in [5, 5.41) is 10.00. The average molecular weight is 222 g/mol. The lowest BCUT2D eigenvalue weighted by molar-refractivity contribution is 0.161. The third-order valence-corrected chi connectivity index (χ3v) is 2.85. The second kappa shape index (κ2) is 7.29. The van der Waals surface area contributed by atoms with Crippen LogP contribution in [0.5, 0.6) is 0 Å². The van der Waals surface area contributed by atoms with Gasteiger partial charge in [0, 0.05) is 12.0 Å². The summed E-state index contributed by atoms with van der Waals surface area (Å²) in [7, 11) is 0. The van der Waals surface area contributed by atoms with Gasteiger partial charge in [-0.3, -0.25) is 0 Å². The highest BCUT2D eigenvalue weighted by Crippen LogP contribution is 2.24. The number of unbranched alkanes of at least 4 members (excludes halogenated alkanes) is 3. The van der Waals surface area contributed by atoms with Gasteiger partial charge in [-0.25, -0.2) is 0 Å². The van der Waals surface area contributed by atoms with Crippen LogP contribution in [0.25, 0.3) is 0 Å². The van der Waals surface area contributed by atoms with E-state index in [2.05, 4.69) is 6.58 Å². The minimum absolute atomic E-state index is 0.363. The van der Waals surface area contributed by atoms with Crippen molar-refractivity contribution in [2.45, 2.75) is 51.6 Å². The zero-order valence-corrected chi connectivity index (χ0v) is 10.1. The molecule has 16 heavy (non-hydrogen) atoms. The fourth-order valence-corrected chi connectivity index (χ4v) is 1.89. The molecule has 0 saturated carbocycles. The Hall–Kier alpha value is -1.02. The van der Waals surface area contributed by atoms with E-state index < -0.39 is 0 Å². The zero-order chi connectivity index (χ0) is 11.8. The molecule has 0 fully saturated rings. The van der Waals surface area contributed by atoms with Gasteiger partial charge in [-0.05, 0) is 25.3 Å². The highest BCUT2D eigenvalue weighted by molar-refractivity contribution is 5.19. The van der Waals surface area contributed by atoms with Crippen molar-refractivity contribution in [2.24, 2.45) is 0 Å². The van der Waals surface area contributed by atoms with Gasteiger partial charge in [-0.15, -0.1) is 6.58 Å². The lowest BCUT2D eigenvalue weighted by Crippen LogP contribution is -1.99. The predicted octanol–water partition coefficient (Wildman–Crippen LogP) is 4.01. The van der Waals surface area contributed by atoms with Crippen LogP contribution >= 0.6 is 0 Å². The summed E-state index contributed by atoms with van der Waals surface area (Å²) in [5.74, 6) is 0.915. The highest BCUT2D eigenvalue weighted by atomic mass is 16.3. The monoisotopic (exact) mass is 222 g/mol. The van der Waals surface area contributed by atoms with Gasteiger partial charge in [0.2, 0.25) is 0 Å². The molecule has 0 aromatic carbocycles. The maximum absolute atomic E-state index is 10.00. The van der Waals surface area contributed by atoms with Crippen LogP contribution in [0.15, 0.2) is 29.4 Å². The molecular weight excluding hydrogens is 200 g/mol. The lowest BCUT2D eigenvalue weighted by atomic mass is 10.0. The quantitative estimate of drug-likeness (QED) is 0.532. The molecule has 0 amide bonds. The first-order valence-electron chi connectivity index (χ1n) is 6.14. The van der Waals surface area contributed by atoms with Crippen molar-refractivity contribution in [1.29, 1.82) is 0 Å². The third kappa shape index (κ3) is 3.86. The molecule has 0 saturated heterocycles. The predicted molar refractivity (Wildman–Crippen MR) is 66.3 cm³/mol. The van der Waals surface area contributed by atoms with Crippen molar-refractivity contribution < 1.29 is 9.52 Å². The Labute approximate surface area is 98.0 Å². The van der Waals surface area contributed by atoms with E-state index in [4.69, 9.17) is 4.42 Å². The fourth-order valence-electron chi connectivity index (χ4n) is 1.89. The molecule has 0 bridgehead atoms. The fraction of sp³-hybridized carbons (Fsp3) is 0.571. The maximum atomic E-state index is 10.00. The van der Waals surface area contributed by atoms with Gasteiger partial charge < -0.3 is 9.52 Å². The van der Waals surface area contributed by atoms with Gasteiger partial charge in [0.25, 0.3) is 0 Å². The van der Waals surface area contributed by atoms with Crippen LogP contribution < -0.4 is 0 Å². The first-order valence-corrected chi connectivity index (χ1v) is 6.14. The van der Waals surface area contributed by atoms with Crippen LogP contribution in [-0.4, -0.2) is 5.11 Å². The number of hydrogen-bond donors (Lipinski definition) is 1.